The molecule has 2 N–H and O–H groups in total. The molecule has 0 saturated heterocycles. The Hall–Kier alpha value is -3.63. The van der Waals surface area contributed by atoms with Gasteiger partial charge in [0.15, 0.2) is 11.0 Å². The molecule has 2 aromatic carbocycles. The maximum Gasteiger partial charge on any atom is 0.282 e. The van der Waals surface area contributed by atoms with Gasteiger partial charge >= 0.3 is 0 Å². The Bertz CT molecular complexity index is 2010. The Balaban J connectivity index is 1.84. The molecule has 16 heteroatoms. The summed E-state index contributed by atoms with van der Waals surface area (Å²) >= 11 is 12.7. The summed E-state index contributed by atoms with van der Waals surface area (Å²) < 4.78 is 68.2. The lowest BCUT2D eigenvalue weighted by molar-refractivity contribution is -0.673. The van der Waals surface area contributed by atoms with Gasteiger partial charge in [0.1, 0.15) is 18.0 Å². The van der Waals surface area contributed by atoms with E-state index < -0.39 is 31.7 Å². The van der Waals surface area contributed by atoms with Crippen LogP contribution in [0, 0.1) is 22.7 Å². The van der Waals surface area contributed by atoms with Gasteiger partial charge in [0.2, 0.25) is 0 Å². The van der Waals surface area contributed by atoms with Crippen LogP contribution in [-0.4, -0.2) is 55.1 Å². The van der Waals surface area contributed by atoms with Crippen LogP contribution in [0.4, 0.5) is 11.4 Å². The molecule has 0 fully saturated rings. The van der Waals surface area contributed by atoms with Crippen molar-refractivity contribution in [1.29, 1.82) is 10.5 Å². The third-order valence-electron chi connectivity index (χ3n) is 7.33. The predicted molar refractivity (Wildman–Crippen MR) is 173 cm³/mol. The molecule has 0 radical (unpaired) electrons. The van der Waals surface area contributed by atoms with Crippen molar-refractivity contribution in [1.82, 2.24) is 4.57 Å². The average molecular weight is 695 g/mol. The van der Waals surface area contributed by atoms with E-state index in [2.05, 4.69) is 12.1 Å². The molecule has 238 valence electrons. The standard InChI is InChI=1S/C29H30Cl2N6O6S2/c1-3-34-26-16-22(30)20(18-32)14-24(26)36(10-6-12-44(38,39)40)28(34)8-5-9-29-35(4-2)27-17-23(31)21(19-33)15-25(27)37(29)11-7-13-45(41,42)43/h5,8-9,14-17H,3-4,6-7,10-13H2,1-2H3,(H-,38,39,40,41,42,43)/p+1. The monoisotopic (exact) mass is 693 g/mol. The minimum Gasteiger partial charge on any atom is -0.326 e. The first kappa shape index (κ1) is 34.2. The Morgan fingerprint density at radius 2 is 1.47 bits per heavy atom. The topological polar surface area (TPSA) is 172 Å². The number of nitriles is 2. The van der Waals surface area contributed by atoms with Gasteiger partial charge in [-0.25, -0.2) is 9.13 Å². The van der Waals surface area contributed by atoms with Crippen LogP contribution in [0.1, 0.15) is 43.6 Å². The molecule has 12 nitrogen and oxygen atoms in total. The number of anilines is 2. The predicted octanol–water partition coefficient (Wildman–Crippen LogP) is 4.76. The Morgan fingerprint density at radius 3 is 2.07 bits per heavy atom. The minimum atomic E-state index is -4.19. The van der Waals surface area contributed by atoms with Gasteiger partial charge in [-0.3, -0.25) is 9.11 Å². The number of rotatable bonds is 12. The van der Waals surface area contributed by atoms with Crippen molar-refractivity contribution < 1.29 is 30.5 Å². The van der Waals surface area contributed by atoms with E-state index in [1.54, 1.807) is 30.3 Å². The molecule has 0 bridgehead atoms. The van der Waals surface area contributed by atoms with Gasteiger partial charge in [0.05, 0.1) is 57.1 Å². The van der Waals surface area contributed by atoms with Gasteiger partial charge in [0.25, 0.3) is 26.1 Å². The molecule has 1 aromatic heterocycles. The summed E-state index contributed by atoms with van der Waals surface area (Å²) in [6, 6.07) is 10.8. The normalized spacial score (nSPS) is 14.4. The van der Waals surface area contributed by atoms with E-state index >= 15 is 0 Å². The van der Waals surface area contributed by atoms with Crippen molar-refractivity contribution in [3.05, 3.63) is 69.2 Å². The third kappa shape index (κ3) is 7.61. The number of aryl methyl sites for hydroxylation is 2. The van der Waals surface area contributed by atoms with Crippen LogP contribution in [0.3, 0.4) is 0 Å². The highest BCUT2D eigenvalue weighted by Gasteiger charge is 2.32. The number of hydrogen-bond donors (Lipinski definition) is 2. The fraction of sp³-hybridized carbons (Fsp3) is 0.345. The van der Waals surface area contributed by atoms with E-state index in [1.807, 2.05) is 44.9 Å². The minimum absolute atomic E-state index is 0.112. The zero-order valence-electron chi connectivity index (χ0n) is 24.5. The van der Waals surface area contributed by atoms with Crippen molar-refractivity contribution in [2.45, 2.75) is 39.8 Å². The van der Waals surface area contributed by atoms with E-state index in [-0.39, 0.29) is 47.1 Å². The number of halogens is 2. The van der Waals surface area contributed by atoms with Crippen LogP contribution in [0.25, 0.3) is 17.1 Å². The third-order valence-corrected chi connectivity index (χ3v) is 9.56. The lowest BCUT2D eigenvalue weighted by Gasteiger charge is -2.24. The highest BCUT2D eigenvalue weighted by atomic mass is 35.5. The summed E-state index contributed by atoms with van der Waals surface area (Å²) in [5, 5.41) is 19.7. The zero-order valence-corrected chi connectivity index (χ0v) is 27.6. The summed E-state index contributed by atoms with van der Waals surface area (Å²) in [6.07, 6.45) is 5.66. The second-order valence-electron chi connectivity index (χ2n) is 10.2. The first-order valence-corrected chi connectivity index (χ1v) is 17.9. The Labute approximate surface area is 272 Å². The molecule has 1 aliphatic heterocycles. The number of nitrogens with zero attached hydrogens (tertiary/aromatic N) is 6. The van der Waals surface area contributed by atoms with Gasteiger partial charge in [-0.1, -0.05) is 29.3 Å². The highest BCUT2D eigenvalue weighted by Crippen LogP contribution is 2.44. The van der Waals surface area contributed by atoms with Crippen LogP contribution < -0.4 is 14.4 Å². The molecule has 45 heavy (non-hydrogen) atoms. The number of hydrogen-bond acceptors (Lipinski definition) is 8. The fourth-order valence-electron chi connectivity index (χ4n) is 5.45. The van der Waals surface area contributed by atoms with Crippen molar-refractivity contribution in [2.75, 3.05) is 34.4 Å². The summed E-state index contributed by atoms with van der Waals surface area (Å²) in [7, 11) is -8.38. The molecule has 0 aliphatic carbocycles. The molecular formula is C29H31Cl2N6O6S2+. The number of benzene rings is 2. The number of imidazole rings is 1. The SMILES string of the molecule is CCN1C(=CC=Cc2n(CC)c3cc(Cl)c(C#N)cc3[n+]2CCCS(=O)(=O)O)N(CCCS(=O)(=O)O)c2cc(C#N)c(Cl)cc21. The molecule has 2 heterocycles. The lowest BCUT2D eigenvalue weighted by atomic mass is 10.1. The summed E-state index contributed by atoms with van der Waals surface area (Å²) in [5.74, 6) is 0.467. The number of allylic oxidation sites excluding steroid dienone is 2. The molecule has 3 aromatic rings. The van der Waals surface area contributed by atoms with Gasteiger partial charge in [-0.05, 0) is 38.5 Å². The van der Waals surface area contributed by atoms with Crippen LogP contribution >= 0.6 is 23.2 Å². The molecule has 0 saturated carbocycles. The van der Waals surface area contributed by atoms with Gasteiger partial charge in [0, 0.05) is 37.7 Å². The zero-order chi connectivity index (χ0) is 33.1. The van der Waals surface area contributed by atoms with Crippen molar-refractivity contribution in [2.24, 2.45) is 0 Å². The van der Waals surface area contributed by atoms with Crippen molar-refractivity contribution in [3.63, 3.8) is 0 Å². The first-order valence-electron chi connectivity index (χ1n) is 14.0. The van der Waals surface area contributed by atoms with E-state index in [0.717, 1.165) is 11.2 Å². The van der Waals surface area contributed by atoms with Crippen LogP contribution in [0.2, 0.25) is 10.0 Å². The van der Waals surface area contributed by atoms with Crippen LogP contribution in [0.15, 0.2) is 42.2 Å². The van der Waals surface area contributed by atoms with Gasteiger partial charge in [-0.2, -0.15) is 27.4 Å². The van der Waals surface area contributed by atoms with E-state index in [1.165, 1.54) is 0 Å². The van der Waals surface area contributed by atoms with Crippen LogP contribution in [0.5, 0.6) is 0 Å². The van der Waals surface area contributed by atoms with E-state index in [0.29, 0.717) is 35.9 Å². The lowest BCUT2D eigenvalue weighted by Crippen LogP contribution is -2.37. The maximum absolute atomic E-state index is 11.4. The Kier molecular flexibility index (Phi) is 10.5. The molecule has 0 amide bonds. The summed E-state index contributed by atoms with van der Waals surface area (Å²) in [4.78, 5) is 3.83. The summed E-state index contributed by atoms with van der Waals surface area (Å²) in [6.45, 7) is 5.34. The molecule has 1 aliphatic rings. The summed E-state index contributed by atoms with van der Waals surface area (Å²) in [5.41, 5.74) is 3.31. The van der Waals surface area contributed by atoms with Crippen molar-refractivity contribution >= 4 is 71.9 Å². The van der Waals surface area contributed by atoms with E-state index in [9.17, 15) is 36.5 Å². The van der Waals surface area contributed by atoms with Gasteiger partial charge in [-0.15, -0.1) is 0 Å². The number of fused-ring (bicyclic) bond motifs is 2. The second-order valence-corrected chi connectivity index (χ2v) is 14.1. The fourth-order valence-corrected chi connectivity index (χ4v) is 6.84. The van der Waals surface area contributed by atoms with E-state index in [4.69, 9.17) is 23.2 Å². The second kappa shape index (κ2) is 13.8. The average Bonchev–Trinajstić information content (AvgIpc) is 3.40. The van der Waals surface area contributed by atoms with Crippen molar-refractivity contribution in [3.8, 4) is 12.1 Å². The molecular weight excluding hydrogens is 663 g/mol. The highest BCUT2D eigenvalue weighted by molar-refractivity contribution is 7.86. The molecule has 0 unspecified atom stereocenters. The molecule has 4 rings (SSSR count). The smallest absolute Gasteiger partial charge is 0.282 e. The molecule has 0 spiro atoms. The molecule has 0 atom stereocenters. The van der Waals surface area contributed by atoms with Crippen LogP contribution in [-0.2, 0) is 33.3 Å². The Morgan fingerprint density at radius 1 is 0.867 bits per heavy atom. The number of aromatic nitrogens is 2. The first-order chi connectivity index (χ1) is 21.2. The maximum atomic E-state index is 11.4. The quantitative estimate of drug-likeness (QED) is 0.199. The van der Waals surface area contributed by atoms with Gasteiger partial charge < -0.3 is 9.80 Å². The largest absolute Gasteiger partial charge is 0.326 e.